The molecule has 3 heteroatoms. The molecule has 3 nitrogen and oxygen atoms in total. The molecule has 1 aromatic heterocycles. The minimum absolute atomic E-state index is 0.0961. The predicted octanol–water partition coefficient (Wildman–Crippen LogP) is 5.22. The van der Waals surface area contributed by atoms with Crippen LogP contribution in [0.3, 0.4) is 0 Å². The number of para-hydroxylation sites is 1. The van der Waals surface area contributed by atoms with Crippen molar-refractivity contribution in [2.75, 3.05) is 6.61 Å². The van der Waals surface area contributed by atoms with Crippen molar-refractivity contribution in [3.05, 3.63) is 83.6 Å². The predicted molar refractivity (Wildman–Crippen MR) is 108 cm³/mol. The van der Waals surface area contributed by atoms with Gasteiger partial charge in [-0.05, 0) is 28.5 Å². The summed E-state index contributed by atoms with van der Waals surface area (Å²) in [6.45, 7) is 1.21. The van der Waals surface area contributed by atoms with E-state index in [0.717, 1.165) is 16.3 Å². The largest absolute Gasteiger partial charge is 0.375 e. The summed E-state index contributed by atoms with van der Waals surface area (Å²) in [4.78, 5) is 13.0. The maximum absolute atomic E-state index is 13.0. The molecule has 134 valence electrons. The molecule has 0 fully saturated rings. The molecule has 1 aliphatic heterocycles. The van der Waals surface area contributed by atoms with Crippen LogP contribution in [-0.2, 0) is 18.4 Å². The highest BCUT2D eigenvalue weighted by atomic mass is 16.5. The Hall–Kier alpha value is -2.91. The van der Waals surface area contributed by atoms with E-state index in [-0.39, 0.29) is 11.7 Å². The van der Waals surface area contributed by atoms with Crippen molar-refractivity contribution in [3.8, 4) is 0 Å². The van der Waals surface area contributed by atoms with Crippen molar-refractivity contribution >= 4 is 27.5 Å². The smallest absolute Gasteiger partial charge is 0.163 e. The highest BCUT2D eigenvalue weighted by molar-refractivity contribution is 6.00. The monoisotopic (exact) mass is 355 g/mol. The summed E-state index contributed by atoms with van der Waals surface area (Å²) in [5.41, 5.74) is 4.46. The average molecular weight is 355 g/mol. The molecule has 3 aromatic carbocycles. The van der Waals surface area contributed by atoms with Gasteiger partial charge in [-0.3, -0.25) is 4.79 Å². The quantitative estimate of drug-likeness (QED) is 0.472. The summed E-state index contributed by atoms with van der Waals surface area (Å²) in [7, 11) is 2.08. The van der Waals surface area contributed by atoms with Gasteiger partial charge in [0.05, 0.1) is 13.2 Å². The molecule has 0 saturated carbocycles. The molecule has 27 heavy (non-hydrogen) atoms. The van der Waals surface area contributed by atoms with Gasteiger partial charge in [-0.15, -0.1) is 0 Å². The van der Waals surface area contributed by atoms with E-state index in [1.54, 1.807) is 0 Å². The first kappa shape index (κ1) is 16.3. The fourth-order valence-corrected chi connectivity index (χ4v) is 4.35. The normalized spacial score (nSPS) is 16.6. The van der Waals surface area contributed by atoms with Crippen LogP contribution in [0, 0.1) is 0 Å². The fourth-order valence-electron chi connectivity index (χ4n) is 4.35. The minimum Gasteiger partial charge on any atom is -0.375 e. The summed E-state index contributed by atoms with van der Waals surface area (Å²) >= 11 is 0. The van der Waals surface area contributed by atoms with Gasteiger partial charge in [-0.1, -0.05) is 54.6 Å². The first-order chi connectivity index (χ1) is 13.2. The number of carbonyl (C=O) groups is 1. The first-order valence-electron chi connectivity index (χ1n) is 9.38. The van der Waals surface area contributed by atoms with E-state index in [2.05, 4.69) is 48.0 Å². The summed E-state index contributed by atoms with van der Waals surface area (Å²) in [6, 6.07) is 22.6. The van der Waals surface area contributed by atoms with E-state index < -0.39 is 0 Å². The number of ether oxygens (including phenoxy) is 1. The van der Waals surface area contributed by atoms with Crippen LogP contribution in [0.25, 0.3) is 21.7 Å². The van der Waals surface area contributed by atoms with Crippen molar-refractivity contribution in [3.63, 3.8) is 0 Å². The van der Waals surface area contributed by atoms with Crippen LogP contribution >= 0.6 is 0 Å². The third-order valence-corrected chi connectivity index (χ3v) is 5.74. The Morgan fingerprint density at radius 1 is 1.04 bits per heavy atom. The lowest BCUT2D eigenvalue weighted by atomic mass is 9.88. The van der Waals surface area contributed by atoms with E-state index in [1.165, 1.54) is 22.2 Å². The Bertz CT molecular complexity index is 1170. The van der Waals surface area contributed by atoms with Crippen LogP contribution in [0.4, 0.5) is 0 Å². The molecule has 1 aliphatic rings. The van der Waals surface area contributed by atoms with Crippen LogP contribution in [0.1, 0.15) is 34.0 Å². The van der Waals surface area contributed by atoms with Gasteiger partial charge < -0.3 is 9.30 Å². The van der Waals surface area contributed by atoms with E-state index in [1.807, 2.05) is 30.3 Å². The van der Waals surface area contributed by atoms with Crippen molar-refractivity contribution < 1.29 is 9.53 Å². The van der Waals surface area contributed by atoms with Gasteiger partial charge in [-0.25, -0.2) is 0 Å². The molecule has 4 aromatic rings. The molecule has 2 heterocycles. The standard InChI is InChI=1S/C24H21NO2/c1-25-21-9-5-4-8-20(21)24-19(14-27-15-22(24)25)13-23(26)18-11-10-16-6-2-3-7-17(16)12-18/h2-12,19H,13-15H2,1H3. The van der Waals surface area contributed by atoms with Crippen molar-refractivity contribution in [1.82, 2.24) is 4.57 Å². The Labute approximate surface area is 158 Å². The van der Waals surface area contributed by atoms with Gasteiger partial charge >= 0.3 is 0 Å². The van der Waals surface area contributed by atoms with Gasteiger partial charge in [-0.2, -0.15) is 0 Å². The summed E-state index contributed by atoms with van der Waals surface area (Å²) in [5.74, 6) is 0.272. The number of hydrogen-bond acceptors (Lipinski definition) is 2. The van der Waals surface area contributed by atoms with E-state index in [0.29, 0.717) is 19.6 Å². The van der Waals surface area contributed by atoms with Gasteiger partial charge in [0.2, 0.25) is 0 Å². The Morgan fingerprint density at radius 3 is 2.70 bits per heavy atom. The molecule has 1 atom stereocenters. The van der Waals surface area contributed by atoms with Crippen LogP contribution in [0.2, 0.25) is 0 Å². The highest BCUT2D eigenvalue weighted by Gasteiger charge is 2.29. The summed E-state index contributed by atoms with van der Waals surface area (Å²) in [5, 5.41) is 3.51. The number of aryl methyl sites for hydroxylation is 1. The Kier molecular flexibility index (Phi) is 3.83. The number of rotatable bonds is 3. The maximum Gasteiger partial charge on any atom is 0.163 e. The number of aromatic nitrogens is 1. The number of Topliss-reactive ketones (excluding diaryl/α,β-unsaturated/α-hetero) is 1. The van der Waals surface area contributed by atoms with Crippen LogP contribution in [0.5, 0.6) is 0 Å². The second-order valence-corrected chi connectivity index (χ2v) is 7.34. The molecular formula is C24H21NO2. The highest BCUT2D eigenvalue weighted by Crippen LogP contribution is 2.37. The SMILES string of the molecule is Cn1c2c(c3ccccc31)C(CC(=O)c1ccc3ccccc3c1)COC2. The zero-order chi connectivity index (χ0) is 18.4. The van der Waals surface area contributed by atoms with E-state index in [9.17, 15) is 4.79 Å². The first-order valence-corrected chi connectivity index (χ1v) is 9.38. The zero-order valence-electron chi connectivity index (χ0n) is 15.3. The van der Waals surface area contributed by atoms with E-state index in [4.69, 9.17) is 4.74 Å². The lowest BCUT2D eigenvalue weighted by molar-refractivity contribution is 0.0764. The second-order valence-electron chi connectivity index (χ2n) is 7.34. The molecule has 0 bridgehead atoms. The molecule has 0 spiro atoms. The fraction of sp³-hybridized carbons (Fsp3) is 0.208. The molecule has 5 rings (SSSR count). The number of fused-ring (bicyclic) bond motifs is 4. The molecule has 0 N–H and O–H groups in total. The van der Waals surface area contributed by atoms with Crippen molar-refractivity contribution in [2.45, 2.75) is 18.9 Å². The minimum atomic E-state index is 0.0961. The average Bonchev–Trinajstić information content (AvgIpc) is 3.01. The van der Waals surface area contributed by atoms with Gasteiger partial charge in [0.15, 0.2) is 5.78 Å². The van der Waals surface area contributed by atoms with Crippen LogP contribution < -0.4 is 0 Å². The van der Waals surface area contributed by atoms with Crippen molar-refractivity contribution in [2.24, 2.45) is 7.05 Å². The molecule has 0 radical (unpaired) electrons. The molecule has 1 unspecified atom stereocenters. The third-order valence-electron chi connectivity index (χ3n) is 5.74. The Morgan fingerprint density at radius 2 is 1.81 bits per heavy atom. The lowest BCUT2D eigenvalue weighted by Crippen LogP contribution is -2.20. The van der Waals surface area contributed by atoms with Crippen LogP contribution in [-0.4, -0.2) is 17.0 Å². The molecular weight excluding hydrogens is 334 g/mol. The second kappa shape index (κ2) is 6.36. The lowest BCUT2D eigenvalue weighted by Gasteiger charge is -2.24. The zero-order valence-corrected chi connectivity index (χ0v) is 15.3. The molecule has 0 saturated heterocycles. The van der Waals surface area contributed by atoms with E-state index >= 15 is 0 Å². The van der Waals surface area contributed by atoms with Gasteiger partial charge in [0.1, 0.15) is 0 Å². The maximum atomic E-state index is 13.0. The number of nitrogens with zero attached hydrogens (tertiary/aromatic N) is 1. The van der Waals surface area contributed by atoms with Crippen LogP contribution in [0.15, 0.2) is 66.7 Å². The van der Waals surface area contributed by atoms with Gasteiger partial charge in [0, 0.05) is 41.5 Å². The molecule has 0 amide bonds. The number of carbonyl (C=O) groups excluding carboxylic acids is 1. The summed E-state index contributed by atoms with van der Waals surface area (Å²) in [6.07, 6.45) is 0.472. The van der Waals surface area contributed by atoms with Gasteiger partial charge in [0.25, 0.3) is 0 Å². The molecule has 0 aliphatic carbocycles. The number of ketones is 1. The summed E-state index contributed by atoms with van der Waals surface area (Å²) < 4.78 is 8.06. The van der Waals surface area contributed by atoms with Crippen molar-refractivity contribution in [1.29, 1.82) is 0 Å². The Balaban J connectivity index is 1.51. The number of benzene rings is 3. The topological polar surface area (TPSA) is 31.2 Å². The third kappa shape index (κ3) is 2.66. The number of hydrogen-bond donors (Lipinski definition) is 0.